The van der Waals surface area contributed by atoms with Gasteiger partial charge in [-0.2, -0.15) is 5.26 Å². The lowest BCUT2D eigenvalue weighted by Crippen LogP contribution is -2.34. The van der Waals surface area contributed by atoms with Crippen molar-refractivity contribution in [2.45, 2.75) is 25.6 Å². The number of hydrogen-bond donors (Lipinski definition) is 2. The summed E-state index contributed by atoms with van der Waals surface area (Å²) >= 11 is 0. The van der Waals surface area contributed by atoms with Gasteiger partial charge in [0.25, 0.3) is 0 Å². The van der Waals surface area contributed by atoms with Crippen LogP contribution < -0.4 is 10.5 Å². The third-order valence-corrected chi connectivity index (χ3v) is 3.85. The van der Waals surface area contributed by atoms with Crippen LogP contribution in [0.2, 0.25) is 0 Å². The molecule has 0 aliphatic heterocycles. The largest absolute Gasteiger partial charge is 0.314 e. The van der Waals surface area contributed by atoms with Crippen LogP contribution in [0.4, 0.5) is 5.69 Å². The number of hydrogen-bond acceptors (Lipinski definition) is 5. The van der Waals surface area contributed by atoms with Crippen molar-refractivity contribution in [3.05, 3.63) is 23.5 Å². The molecule has 3 N–H and O–H groups in total. The third kappa shape index (κ3) is 3.15. The second-order valence-corrected chi connectivity index (χ2v) is 5.48. The average Bonchev–Trinajstić information content (AvgIpc) is 2.27. The van der Waals surface area contributed by atoms with Crippen LogP contribution in [0.3, 0.4) is 0 Å². The number of nitrogens with two attached hydrogens (primary N) is 1. The monoisotopic (exact) mass is 254 g/mol. The van der Waals surface area contributed by atoms with Crippen LogP contribution in [0.15, 0.2) is 12.3 Å². The van der Waals surface area contributed by atoms with Gasteiger partial charge in [0.2, 0.25) is 10.0 Å². The summed E-state index contributed by atoms with van der Waals surface area (Å²) in [5.41, 5.74) is 6.48. The predicted octanol–water partition coefficient (Wildman–Crippen LogP) is 0.698. The van der Waals surface area contributed by atoms with Crippen LogP contribution in [0, 0.1) is 18.3 Å². The summed E-state index contributed by atoms with van der Waals surface area (Å²) in [6, 6.07) is 3.37. The fourth-order valence-corrected chi connectivity index (χ4v) is 2.25. The van der Waals surface area contributed by atoms with Gasteiger partial charge in [-0.15, -0.1) is 0 Å². The van der Waals surface area contributed by atoms with Crippen molar-refractivity contribution in [3.8, 4) is 6.07 Å². The van der Waals surface area contributed by atoms with Crippen molar-refractivity contribution < 1.29 is 8.42 Å². The van der Waals surface area contributed by atoms with Gasteiger partial charge in [-0.1, -0.05) is 6.92 Å². The minimum atomic E-state index is -3.66. The van der Waals surface area contributed by atoms with Crippen LogP contribution in [-0.4, -0.2) is 18.8 Å². The summed E-state index contributed by atoms with van der Waals surface area (Å²) in [6.07, 6.45) is 1.62. The van der Waals surface area contributed by atoms with Crippen LogP contribution in [-0.2, 0) is 10.0 Å². The molecule has 1 aromatic rings. The molecular weight excluding hydrogens is 240 g/mol. The van der Waals surface area contributed by atoms with Gasteiger partial charge < -0.3 is 5.73 Å². The van der Waals surface area contributed by atoms with Crippen molar-refractivity contribution in [1.29, 1.82) is 5.26 Å². The second kappa shape index (κ2) is 5.12. The van der Waals surface area contributed by atoms with E-state index in [2.05, 4.69) is 9.71 Å². The first kappa shape index (κ1) is 13.4. The van der Waals surface area contributed by atoms with Gasteiger partial charge >= 0.3 is 0 Å². The molecule has 92 valence electrons. The molecule has 0 fully saturated rings. The van der Waals surface area contributed by atoms with E-state index in [1.807, 2.05) is 6.07 Å². The molecule has 1 rings (SSSR count). The number of aryl methyl sites for hydroxylation is 1. The van der Waals surface area contributed by atoms with Crippen molar-refractivity contribution in [3.63, 3.8) is 0 Å². The van der Waals surface area contributed by atoms with Crippen LogP contribution in [0.25, 0.3) is 0 Å². The number of nitrogens with zero attached hydrogens (tertiary/aromatic N) is 2. The number of anilines is 1. The molecule has 6 nitrogen and oxygen atoms in total. The van der Waals surface area contributed by atoms with E-state index in [4.69, 9.17) is 11.0 Å². The summed E-state index contributed by atoms with van der Waals surface area (Å²) in [5.74, 6) is 0. The minimum absolute atomic E-state index is 0.169. The molecule has 1 aromatic heterocycles. The Morgan fingerprint density at radius 1 is 1.65 bits per heavy atom. The molecule has 0 spiro atoms. The van der Waals surface area contributed by atoms with Gasteiger partial charge in [0.15, 0.2) is 0 Å². The van der Waals surface area contributed by atoms with Crippen molar-refractivity contribution in [1.82, 2.24) is 4.98 Å². The van der Waals surface area contributed by atoms with E-state index in [1.165, 1.54) is 12.3 Å². The summed E-state index contributed by atoms with van der Waals surface area (Å²) in [7, 11) is -3.66. The van der Waals surface area contributed by atoms with Crippen molar-refractivity contribution in [2.24, 2.45) is 5.73 Å². The molecule has 0 radical (unpaired) electrons. The molecule has 0 saturated carbocycles. The molecule has 0 bridgehead atoms. The Hall–Kier alpha value is -1.65. The molecule has 1 heterocycles. The maximum absolute atomic E-state index is 11.7. The Kier molecular flexibility index (Phi) is 4.04. The third-order valence-electron chi connectivity index (χ3n) is 2.21. The summed E-state index contributed by atoms with van der Waals surface area (Å²) in [4.78, 5) is 3.92. The quantitative estimate of drug-likeness (QED) is 0.822. The first-order chi connectivity index (χ1) is 7.90. The fourth-order valence-electron chi connectivity index (χ4n) is 1.18. The fraction of sp³-hybridized carbons (Fsp3) is 0.400. The molecule has 0 amide bonds. The highest BCUT2D eigenvalue weighted by Crippen LogP contribution is 2.17. The average molecular weight is 254 g/mol. The predicted molar refractivity (Wildman–Crippen MR) is 64.5 cm³/mol. The molecule has 0 saturated heterocycles. The summed E-state index contributed by atoms with van der Waals surface area (Å²) in [6.45, 7) is 3.38. The highest BCUT2D eigenvalue weighted by Gasteiger charge is 2.20. The zero-order chi connectivity index (χ0) is 13.1. The smallest absolute Gasteiger partial charge is 0.248 e. The zero-order valence-corrected chi connectivity index (χ0v) is 10.5. The molecule has 1 unspecified atom stereocenters. The van der Waals surface area contributed by atoms with E-state index in [9.17, 15) is 8.42 Å². The first-order valence-corrected chi connectivity index (χ1v) is 6.59. The maximum atomic E-state index is 11.7. The maximum Gasteiger partial charge on any atom is 0.248 e. The zero-order valence-electron chi connectivity index (χ0n) is 9.64. The molecule has 1 atom stereocenters. The highest BCUT2D eigenvalue weighted by atomic mass is 32.2. The van der Waals surface area contributed by atoms with Crippen molar-refractivity contribution in [2.75, 3.05) is 4.72 Å². The van der Waals surface area contributed by atoms with Crippen LogP contribution >= 0.6 is 0 Å². The Morgan fingerprint density at radius 2 is 2.29 bits per heavy atom. The number of pyridine rings is 1. The molecule has 0 aromatic carbocycles. The number of aromatic nitrogens is 1. The van der Waals surface area contributed by atoms with Crippen LogP contribution in [0.5, 0.6) is 0 Å². The number of rotatable bonds is 4. The Balaban J connectivity index is 3.12. The first-order valence-electron chi connectivity index (χ1n) is 5.04. The number of nitrogens with one attached hydrogen (secondary N) is 1. The number of sulfonamides is 1. The topological polar surface area (TPSA) is 109 Å². The second-order valence-electron chi connectivity index (χ2n) is 3.58. The SMILES string of the molecule is CCC(N)S(=O)(=O)Nc1cc(C)ncc1C#N. The van der Waals surface area contributed by atoms with E-state index < -0.39 is 15.4 Å². The van der Waals surface area contributed by atoms with Crippen molar-refractivity contribution >= 4 is 15.7 Å². The van der Waals surface area contributed by atoms with Gasteiger partial charge in [0.05, 0.1) is 11.3 Å². The lowest BCUT2D eigenvalue weighted by molar-refractivity contribution is 0.583. The van der Waals surface area contributed by atoms with E-state index in [1.54, 1.807) is 13.8 Å². The van der Waals surface area contributed by atoms with E-state index in [-0.39, 0.29) is 11.3 Å². The Bertz CT molecular complexity index is 548. The molecular formula is C10H14N4O2S. The van der Waals surface area contributed by atoms with Gasteiger partial charge in [0, 0.05) is 11.9 Å². The standard InChI is InChI=1S/C10H14N4O2S/c1-3-10(12)17(15,16)14-9-4-7(2)13-6-8(9)5-11/h4,6,10H,3,12H2,1-2H3,(H,13,14). The molecule has 0 aliphatic carbocycles. The Morgan fingerprint density at radius 3 is 2.82 bits per heavy atom. The van der Waals surface area contributed by atoms with Crippen LogP contribution in [0.1, 0.15) is 24.6 Å². The lowest BCUT2D eigenvalue weighted by atomic mass is 10.2. The highest BCUT2D eigenvalue weighted by molar-refractivity contribution is 7.93. The van der Waals surface area contributed by atoms with Gasteiger partial charge in [0.1, 0.15) is 11.4 Å². The lowest BCUT2D eigenvalue weighted by Gasteiger charge is -2.13. The van der Waals surface area contributed by atoms with E-state index in [0.717, 1.165) is 0 Å². The van der Waals surface area contributed by atoms with Gasteiger partial charge in [-0.3, -0.25) is 9.71 Å². The van der Waals surface area contributed by atoms with E-state index >= 15 is 0 Å². The van der Waals surface area contributed by atoms with E-state index in [0.29, 0.717) is 12.1 Å². The van der Waals surface area contributed by atoms with Gasteiger partial charge in [-0.05, 0) is 19.4 Å². The summed E-state index contributed by atoms with van der Waals surface area (Å²) < 4.78 is 25.8. The molecule has 0 aliphatic rings. The molecule has 17 heavy (non-hydrogen) atoms. The van der Waals surface area contributed by atoms with Gasteiger partial charge in [-0.25, -0.2) is 8.42 Å². The normalized spacial score (nSPS) is 12.8. The minimum Gasteiger partial charge on any atom is -0.314 e. The Labute approximate surface area is 101 Å². The molecule has 7 heteroatoms. The number of nitriles is 1. The summed E-state index contributed by atoms with van der Waals surface area (Å²) in [5, 5.41) is 7.85.